The molecule has 0 saturated carbocycles. The van der Waals surface area contributed by atoms with E-state index in [1.807, 2.05) is 0 Å². The molecular weight excluding hydrogens is 274 g/mol. The van der Waals surface area contributed by atoms with E-state index in [4.69, 9.17) is 11.6 Å². The monoisotopic (exact) mass is 291 g/mol. The number of hydrogen-bond donors (Lipinski definition) is 1. The van der Waals surface area contributed by atoms with E-state index in [1.165, 1.54) is 16.4 Å². The molecule has 0 atom stereocenters. The van der Waals surface area contributed by atoms with E-state index < -0.39 is 15.6 Å². The summed E-state index contributed by atoms with van der Waals surface area (Å²) in [5.41, 5.74) is -1.08. The highest BCUT2D eigenvalue weighted by molar-refractivity contribution is 7.89. The molecule has 18 heavy (non-hydrogen) atoms. The Bertz CT molecular complexity index is 508. The Balaban J connectivity index is 3.11. The maximum Gasteiger partial charge on any atom is 0.243 e. The summed E-state index contributed by atoms with van der Waals surface area (Å²) in [5, 5.41) is 10.1. The van der Waals surface area contributed by atoms with Crippen LogP contribution in [0.15, 0.2) is 29.2 Å². The highest BCUT2D eigenvalue weighted by Crippen LogP contribution is 2.21. The molecule has 0 radical (unpaired) electrons. The van der Waals surface area contributed by atoms with Gasteiger partial charge in [-0.2, -0.15) is 4.31 Å². The summed E-state index contributed by atoms with van der Waals surface area (Å²) in [6.45, 7) is 5.21. The minimum atomic E-state index is -3.62. The van der Waals surface area contributed by atoms with Crippen molar-refractivity contribution in [3.8, 4) is 0 Å². The van der Waals surface area contributed by atoms with E-state index in [0.717, 1.165) is 0 Å². The summed E-state index contributed by atoms with van der Waals surface area (Å²) in [5.74, 6) is 0. The maximum absolute atomic E-state index is 12.3. The molecule has 102 valence electrons. The molecule has 1 aromatic rings. The van der Waals surface area contributed by atoms with Crippen molar-refractivity contribution in [3.05, 3.63) is 29.3 Å². The van der Waals surface area contributed by atoms with Gasteiger partial charge in [0.25, 0.3) is 0 Å². The Morgan fingerprint density at radius 1 is 1.39 bits per heavy atom. The summed E-state index contributed by atoms with van der Waals surface area (Å²) >= 11 is 5.80. The first-order chi connectivity index (χ1) is 8.16. The highest BCUT2D eigenvalue weighted by Gasteiger charge is 2.28. The van der Waals surface area contributed by atoms with Crippen LogP contribution >= 0.6 is 11.6 Å². The van der Waals surface area contributed by atoms with Gasteiger partial charge in [0.05, 0.1) is 10.5 Å². The van der Waals surface area contributed by atoms with E-state index in [1.54, 1.807) is 32.9 Å². The fraction of sp³-hybridized carbons (Fsp3) is 0.500. The van der Waals surface area contributed by atoms with Crippen molar-refractivity contribution in [2.45, 2.75) is 31.3 Å². The molecular formula is C12H18ClNO3S. The van der Waals surface area contributed by atoms with Crippen LogP contribution < -0.4 is 0 Å². The quantitative estimate of drug-likeness (QED) is 0.904. The first kappa shape index (κ1) is 15.4. The van der Waals surface area contributed by atoms with E-state index in [0.29, 0.717) is 11.6 Å². The SMILES string of the molecule is CCN(CC(C)(C)O)S(=O)(=O)c1cccc(Cl)c1. The lowest BCUT2D eigenvalue weighted by Gasteiger charge is -2.27. The van der Waals surface area contributed by atoms with Crippen LogP contribution in [0.4, 0.5) is 0 Å². The summed E-state index contributed by atoms with van der Waals surface area (Å²) in [7, 11) is -3.62. The van der Waals surface area contributed by atoms with Crippen LogP contribution in [-0.4, -0.2) is 36.5 Å². The van der Waals surface area contributed by atoms with Crippen molar-refractivity contribution in [1.29, 1.82) is 0 Å². The number of likely N-dealkylation sites (N-methyl/N-ethyl adjacent to an activating group) is 1. The standard InChI is InChI=1S/C12H18ClNO3S/c1-4-14(9-12(2,3)15)18(16,17)11-7-5-6-10(13)8-11/h5-8,15H,4,9H2,1-3H3. The van der Waals surface area contributed by atoms with Gasteiger partial charge in [-0.3, -0.25) is 0 Å². The van der Waals surface area contributed by atoms with E-state index in [9.17, 15) is 13.5 Å². The van der Waals surface area contributed by atoms with Gasteiger partial charge in [-0.05, 0) is 32.0 Å². The van der Waals surface area contributed by atoms with E-state index >= 15 is 0 Å². The maximum atomic E-state index is 12.3. The topological polar surface area (TPSA) is 57.6 Å². The molecule has 0 aliphatic rings. The van der Waals surface area contributed by atoms with Gasteiger partial charge in [0.15, 0.2) is 0 Å². The van der Waals surface area contributed by atoms with Gasteiger partial charge in [0, 0.05) is 18.1 Å². The normalized spacial score (nSPS) is 13.0. The number of rotatable bonds is 5. The average molecular weight is 292 g/mol. The second-order valence-electron chi connectivity index (χ2n) is 4.70. The lowest BCUT2D eigenvalue weighted by Crippen LogP contribution is -2.42. The molecule has 0 aliphatic heterocycles. The zero-order valence-electron chi connectivity index (χ0n) is 10.7. The van der Waals surface area contributed by atoms with E-state index in [-0.39, 0.29) is 11.4 Å². The number of halogens is 1. The van der Waals surface area contributed by atoms with Crippen LogP contribution in [0.5, 0.6) is 0 Å². The Kier molecular flexibility index (Phi) is 4.78. The van der Waals surface area contributed by atoms with Crippen LogP contribution in [0.1, 0.15) is 20.8 Å². The molecule has 1 aromatic carbocycles. The summed E-state index contributed by atoms with van der Waals surface area (Å²) < 4.78 is 25.9. The van der Waals surface area contributed by atoms with Crippen LogP contribution in [0.2, 0.25) is 5.02 Å². The van der Waals surface area contributed by atoms with Gasteiger partial charge < -0.3 is 5.11 Å². The van der Waals surface area contributed by atoms with Gasteiger partial charge in [0.1, 0.15) is 0 Å². The summed E-state index contributed by atoms with van der Waals surface area (Å²) in [6, 6.07) is 6.11. The Morgan fingerprint density at radius 2 is 2.00 bits per heavy atom. The molecule has 6 heteroatoms. The first-order valence-corrected chi connectivity index (χ1v) is 7.47. The molecule has 0 saturated heterocycles. The van der Waals surface area contributed by atoms with Crippen molar-refractivity contribution in [2.24, 2.45) is 0 Å². The summed E-state index contributed by atoms with van der Waals surface area (Å²) in [4.78, 5) is 0.140. The minimum absolute atomic E-state index is 0.0400. The van der Waals surface area contributed by atoms with Gasteiger partial charge >= 0.3 is 0 Å². The predicted octanol–water partition coefficient (Wildman–Crippen LogP) is 2.12. The van der Waals surface area contributed by atoms with Crippen LogP contribution in [-0.2, 0) is 10.0 Å². The van der Waals surface area contributed by atoms with Crippen LogP contribution in [0.25, 0.3) is 0 Å². The zero-order valence-corrected chi connectivity index (χ0v) is 12.3. The fourth-order valence-electron chi connectivity index (χ4n) is 1.57. The van der Waals surface area contributed by atoms with Crippen molar-refractivity contribution < 1.29 is 13.5 Å². The van der Waals surface area contributed by atoms with Gasteiger partial charge in [-0.15, -0.1) is 0 Å². The zero-order chi connectivity index (χ0) is 14.0. The number of benzene rings is 1. The van der Waals surface area contributed by atoms with Gasteiger partial charge in [-0.1, -0.05) is 24.6 Å². The molecule has 0 fully saturated rings. The molecule has 0 unspecified atom stereocenters. The molecule has 0 bridgehead atoms. The van der Waals surface area contributed by atoms with Crippen LogP contribution in [0.3, 0.4) is 0 Å². The van der Waals surface area contributed by atoms with Crippen LogP contribution in [0, 0.1) is 0 Å². The molecule has 0 aliphatic carbocycles. The molecule has 1 rings (SSSR count). The highest BCUT2D eigenvalue weighted by atomic mass is 35.5. The van der Waals surface area contributed by atoms with Gasteiger partial charge in [-0.25, -0.2) is 8.42 Å². The third kappa shape index (κ3) is 3.95. The Labute approximate surface area is 113 Å². The number of sulfonamides is 1. The van der Waals surface area contributed by atoms with Crippen molar-refractivity contribution in [3.63, 3.8) is 0 Å². The Morgan fingerprint density at radius 3 is 2.44 bits per heavy atom. The third-order valence-electron chi connectivity index (χ3n) is 2.35. The molecule has 0 spiro atoms. The molecule has 0 heterocycles. The molecule has 4 nitrogen and oxygen atoms in total. The van der Waals surface area contributed by atoms with Gasteiger partial charge in [0.2, 0.25) is 10.0 Å². The van der Waals surface area contributed by atoms with Crippen molar-refractivity contribution in [1.82, 2.24) is 4.31 Å². The number of nitrogens with zero attached hydrogens (tertiary/aromatic N) is 1. The minimum Gasteiger partial charge on any atom is -0.389 e. The first-order valence-electron chi connectivity index (χ1n) is 5.65. The molecule has 0 amide bonds. The molecule has 0 aromatic heterocycles. The predicted molar refractivity (Wildman–Crippen MR) is 72.2 cm³/mol. The van der Waals surface area contributed by atoms with E-state index in [2.05, 4.69) is 0 Å². The lowest BCUT2D eigenvalue weighted by atomic mass is 10.1. The third-order valence-corrected chi connectivity index (χ3v) is 4.50. The second-order valence-corrected chi connectivity index (χ2v) is 7.08. The number of hydrogen-bond acceptors (Lipinski definition) is 3. The smallest absolute Gasteiger partial charge is 0.243 e. The fourth-order valence-corrected chi connectivity index (χ4v) is 3.48. The number of aliphatic hydroxyl groups is 1. The largest absolute Gasteiger partial charge is 0.389 e. The second kappa shape index (κ2) is 5.57. The lowest BCUT2D eigenvalue weighted by molar-refractivity contribution is 0.0601. The Hall–Kier alpha value is -0.620. The van der Waals surface area contributed by atoms with Crippen molar-refractivity contribution >= 4 is 21.6 Å². The van der Waals surface area contributed by atoms with Crippen molar-refractivity contribution in [2.75, 3.05) is 13.1 Å². The summed E-state index contributed by atoms with van der Waals surface area (Å²) in [6.07, 6.45) is 0. The average Bonchev–Trinajstić information content (AvgIpc) is 2.24. The molecule has 1 N–H and O–H groups in total.